The second-order valence-electron chi connectivity index (χ2n) is 6.36. The Morgan fingerprint density at radius 3 is 2.79 bits per heavy atom. The molecule has 0 bridgehead atoms. The van der Waals surface area contributed by atoms with Gasteiger partial charge in [0.1, 0.15) is 12.4 Å². The van der Waals surface area contributed by atoms with Crippen LogP contribution >= 0.6 is 0 Å². The summed E-state index contributed by atoms with van der Waals surface area (Å²) < 4.78 is 7.45. The molecule has 0 amide bonds. The molecule has 0 radical (unpaired) electrons. The number of nitrogens with zero attached hydrogens (tertiary/aromatic N) is 4. The summed E-state index contributed by atoms with van der Waals surface area (Å²) in [4.78, 5) is 4.63. The summed E-state index contributed by atoms with van der Waals surface area (Å²) in [5.74, 6) is 2.53. The molecule has 1 aliphatic carbocycles. The number of rotatable bonds is 10. The van der Waals surface area contributed by atoms with Gasteiger partial charge in [-0.05, 0) is 38.5 Å². The van der Waals surface area contributed by atoms with Gasteiger partial charge in [-0.15, -0.1) is 16.8 Å². The average Bonchev–Trinajstić information content (AvgIpc) is 3.28. The molecule has 7 nitrogen and oxygen atoms in total. The molecule has 1 aromatic rings. The SMILES string of the molecule is C=CCNC(=NCc1nnc(C)n1C)NCC1(CCOCC)CC1. The summed E-state index contributed by atoms with van der Waals surface area (Å²) in [6.45, 7) is 11.4. The summed E-state index contributed by atoms with van der Waals surface area (Å²) in [6.07, 6.45) is 5.44. The minimum absolute atomic E-state index is 0.368. The summed E-state index contributed by atoms with van der Waals surface area (Å²) in [6, 6.07) is 0. The van der Waals surface area contributed by atoms with Crippen LogP contribution in [0.1, 0.15) is 37.8 Å². The number of ether oxygens (including phenoxy) is 1. The van der Waals surface area contributed by atoms with Gasteiger partial charge in [-0.2, -0.15) is 0 Å². The molecule has 7 heteroatoms. The van der Waals surface area contributed by atoms with Gasteiger partial charge in [-0.25, -0.2) is 4.99 Å². The van der Waals surface area contributed by atoms with E-state index >= 15 is 0 Å². The third-order valence-electron chi connectivity index (χ3n) is 4.54. The first-order chi connectivity index (χ1) is 11.6. The third-order valence-corrected chi connectivity index (χ3v) is 4.54. The monoisotopic (exact) mass is 334 g/mol. The zero-order valence-electron chi connectivity index (χ0n) is 15.1. The maximum absolute atomic E-state index is 5.50. The van der Waals surface area contributed by atoms with Crippen molar-refractivity contribution < 1.29 is 4.74 Å². The molecular weight excluding hydrogens is 304 g/mol. The van der Waals surface area contributed by atoms with E-state index in [0.717, 1.165) is 43.8 Å². The smallest absolute Gasteiger partial charge is 0.191 e. The van der Waals surface area contributed by atoms with E-state index in [-0.39, 0.29) is 0 Å². The molecule has 1 aromatic heterocycles. The number of guanidine groups is 1. The van der Waals surface area contributed by atoms with E-state index < -0.39 is 0 Å². The second kappa shape index (κ2) is 8.82. The van der Waals surface area contributed by atoms with Crippen molar-refractivity contribution in [1.82, 2.24) is 25.4 Å². The predicted molar refractivity (Wildman–Crippen MR) is 95.9 cm³/mol. The van der Waals surface area contributed by atoms with Crippen LogP contribution in [0.4, 0.5) is 0 Å². The van der Waals surface area contributed by atoms with Gasteiger partial charge in [0.25, 0.3) is 0 Å². The van der Waals surface area contributed by atoms with E-state index in [9.17, 15) is 0 Å². The fraction of sp³-hybridized carbons (Fsp3) is 0.706. The average molecular weight is 334 g/mol. The van der Waals surface area contributed by atoms with Crippen molar-refractivity contribution >= 4 is 5.96 Å². The van der Waals surface area contributed by atoms with Crippen molar-refractivity contribution in [2.75, 3.05) is 26.3 Å². The Kier molecular flexibility index (Phi) is 6.78. The van der Waals surface area contributed by atoms with Crippen LogP contribution < -0.4 is 10.6 Å². The van der Waals surface area contributed by atoms with Crippen molar-refractivity contribution in [2.45, 2.75) is 39.7 Å². The zero-order chi connectivity index (χ0) is 17.4. The van der Waals surface area contributed by atoms with Crippen LogP contribution in [-0.2, 0) is 18.3 Å². The highest BCUT2D eigenvalue weighted by Crippen LogP contribution is 2.48. The number of aromatic nitrogens is 3. The van der Waals surface area contributed by atoms with Crippen LogP contribution in [0.2, 0.25) is 0 Å². The molecule has 1 fully saturated rings. The maximum Gasteiger partial charge on any atom is 0.191 e. The van der Waals surface area contributed by atoms with Gasteiger partial charge in [-0.3, -0.25) is 0 Å². The van der Waals surface area contributed by atoms with E-state index in [2.05, 4.69) is 32.4 Å². The van der Waals surface area contributed by atoms with Crippen LogP contribution in [0.25, 0.3) is 0 Å². The van der Waals surface area contributed by atoms with E-state index in [1.165, 1.54) is 12.8 Å². The molecule has 0 aromatic carbocycles. The molecule has 2 rings (SSSR count). The van der Waals surface area contributed by atoms with E-state index in [4.69, 9.17) is 4.74 Å². The van der Waals surface area contributed by atoms with Crippen molar-refractivity contribution in [2.24, 2.45) is 17.5 Å². The molecule has 2 N–H and O–H groups in total. The van der Waals surface area contributed by atoms with Crippen molar-refractivity contribution in [3.8, 4) is 0 Å². The lowest BCUT2D eigenvalue weighted by atomic mass is 10.0. The largest absolute Gasteiger partial charge is 0.382 e. The zero-order valence-corrected chi connectivity index (χ0v) is 15.1. The normalized spacial score (nSPS) is 16.0. The van der Waals surface area contributed by atoms with Crippen LogP contribution in [-0.4, -0.2) is 47.0 Å². The molecule has 1 aliphatic rings. The summed E-state index contributed by atoms with van der Waals surface area (Å²) >= 11 is 0. The Morgan fingerprint density at radius 2 is 2.21 bits per heavy atom. The topological polar surface area (TPSA) is 76.4 Å². The Morgan fingerprint density at radius 1 is 1.42 bits per heavy atom. The van der Waals surface area contributed by atoms with E-state index in [1.54, 1.807) is 0 Å². The Hall–Kier alpha value is -1.89. The summed E-state index contributed by atoms with van der Waals surface area (Å²) in [5.41, 5.74) is 0.368. The number of aryl methyl sites for hydroxylation is 1. The van der Waals surface area contributed by atoms with Crippen molar-refractivity contribution in [1.29, 1.82) is 0 Å². The van der Waals surface area contributed by atoms with Gasteiger partial charge in [-0.1, -0.05) is 6.08 Å². The molecule has 0 saturated heterocycles. The van der Waals surface area contributed by atoms with Crippen molar-refractivity contribution in [3.63, 3.8) is 0 Å². The van der Waals surface area contributed by atoms with Gasteiger partial charge in [0, 0.05) is 33.4 Å². The third kappa shape index (κ3) is 5.33. The van der Waals surface area contributed by atoms with Gasteiger partial charge in [0.2, 0.25) is 0 Å². The number of aliphatic imine (C=N–C) groups is 1. The highest BCUT2D eigenvalue weighted by molar-refractivity contribution is 5.80. The molecule has 1 saturated carbocycles. The molecule has 0 atom stereocenters. The molecular formula is C17H30N6O. The fourth-order valence-corrected chi connectivity index (χ4v) is 2.48. The molecule has 0 spiro atoms. The van der Waals surface area contributed by atoms with Crippen LogP contribution in [0.3, 0.4) is 0 Å². The van der Waals surface area contributed by atoms with Gasteiger partial charge >= 0.3 is 0 Å². The lowest BCUT2D eigenvalue weighted by molar-refractivity contribution is 0.128. The second-order valence-corrected chi connectivity index (χ2v) is 6.36. The number of nitrogens with one attached hydrogen (secondary N) is 2. The molecule has 1 heterocycles. The van der Waals surface area contributed by atoms with E-state index in [0.29, 0.717) is 18.5 Å². The van der Waals surface area contributed by atoms with Gasteiger partial charge < -0.3 is 19.9 Å². The van der Waals surface area contributed by atoms with Crippen LogP contribution in [0.15, 0.2) is 17.6 Å². The first-order valence-electron chi connectivity index (χ1n) is 8.66. The van der Waals surface area contributed by atoms with Crippen LogP contribution in [0, 0.1) is 12.3 Å². The Labute approximate surface area is 144 Å². The Bertz CT molecular complexity index is 561. The lowest BCUT2D eigenvalue weighted by Crippen LogP contribution is -2.40. The molecule has 0 aliphatic heterocycles. The van der Waals surface area contributed by atoms with Crippen molar-refractivity contribution in [3.05, 3.63) is 24.3 Å². The highest BCUT2D eigenvalue weighted by Gasteiger charge is 2.41. The van der Waals surface area contributed by atoms with Crippen LogP contribution in [0.5, 0.6) is 0 Å². The molecule has 134 valence electrons. The lowest BCUT2D eigenvalue weighted by Gasteiger charge is -2.18. The fourth-order valence-electron chi connectivity index (χ4n) is 2.48. The quantitative estimate of drug-likeness (QED) is 0.294. The number of hydrogen-bond donors (Lipinski definition) is 2. The minimum Gasteiger partial charge on any atom is -0.382 e. The Balaban J connectivity index is 1.89. The molecule has 24 heavy (non-hydrogen) atoms. The highest BCUT2D eigenvalue weighted by atomic mass is 16.5. The van der Waals surface area contributed by atoms with Gasteiger partial charge in [0.15, 0.2) is 11.8 Å². The maximum atomic E-state index is 5.50. The standard InChI is InChI=1S/C17H30N6O/c1-5-10-18-16(19-12-15-22-21-14(3)23(15)4)20-13-17(7-8-17)9-11-24-6-2/h5H,1,6-13H2,2-4H3,(H2,18,19,20). The summed E-state index contributed by atoms with van der Waals surface area (Å²) in [7, 11) is 1.96. The van der Waals surface area contributed by atoms with E-state index in [1.807, 2.05) is 31.5 Å². The summed E-state index contributed by atoms with van der Waals surface area (Å²) in [5, 5.41) is 14.9. The number of hydrogen-bond acceptors (Lipinski definition) is 4. The molecule has 0 unspecified atom stereocenters. The minimum atomic E-state index is 0.368. The first kappa shape index (κ1) is 18.4. The predicted octanol–water partition coefficient (Wildman–Crippen LogP) is 1.55. The first-order valence-corrected chi connectivity index (χ1v) is 8.66. The van der Waals surface area contributed by atoms with Gasteiger partial charge in [0.05, 0.1) is 0 Å².